The molecule has 0 fully saturated rings. The quantitative estimate of drug-likeness (QED) is 0.526. The molecule has 0 aliphatic carbocycles. The first-order chi connectivity index (χ1) is 13.0. The van der Waals surface area contributed by atoms with Crippen LogP contribution >= 0.6 is 11.6 Å². The molecule has 0 spiro atoms. The Bertz CT molecular complexity index is 1050. The summed E-state index contributed by atoms with van der Waals surface area (Å²) < 4.78 is 1.47. The molecule has 0 unspecified atom stereocenters. The van der Waals surface area contributed by atoms with Crippen LogP contribution in [0, 0.1) is 0 Å². The van der Waals surface area contributed by atoms with E-state index >= 15 is 0 Å². The minimum Gasteiger partial charge on any atom is -0.506 e. The molecule has 3 rings (SSSR count). The van der Waals surface area contributed by atoms with Gasteiger partial charge in [-0.3, -0.25) is 9.59 Å². The van der Waals surface area contributed by atoms with Crippen LogP contribution in [0.4, 0.5) is 0 Å². The predicted molar refractivity (Wildman–Crippen MR) is 104 cm³/mol. The van der Waals surface area contributed by atoms with Gasteiger partial charge in [0.15, 0.2) is 0 Å². The highest BCUT2D eigenvalue weighted by atomic mass is 35.5. The highest BCUT2D eigenvalue weighted by molar-refractivity contribution is 6.32. The molecular weight excluding hydrogens is 366 g/mol. The molecule has 0 saturated heterocycles. The molecule has 6 nitrogen and oxygen atoms in total. The van der Waals surface area contributed by atoms with Crippen LogP contribution in [0.25, 0.3) is 0 Å². The van der Waals surface area contributed by atoms with Crippen molar-refractivity contribution in [1.82, 2.24) is 9.99 Å². The van der Waals surface area contributed by atoms with Gasteiger partial charge in [0.1, 0.15) is 11.3 Å². The number of nitrogens with zero attached hydrogens (tertiary/aromatic N) is 2. The average Bonchev–Trinajstić information content (AvgIpc) is 2.67. The molecule has 0 atom stereocenters. The maximum absolute atomic E-state index is 12.5. The molecule has 27 heavy (non-hydrogen) atoms. The minimum absolute atomic E-state index is 0.00526. The smallest absolute Gasteiger partial charge is 0.276 e. The minimum atomic E-state index is -0.608. The van der Waals surface area contributed by atoms with Crippen LogP contribution in [0.5, 0.6) is 5.75 Å². The highest BCUT2D eigenvalue weighted by Gasteiger charge is 2.11. The first kappa shape index (κ1) is 18.4. The van der Waals surface area contributed by atoms with E-state index < -0.39 is 11.5 Å². The van der Waals surface area contributed by atoms with E-state index in [0.717, 1.165) is 5.56 Å². The number of phenols is 1. The lowest BCUT2D eigenvalue weighted by Gasteiger charge is -2.07. The summed E-state index contributed by atoms with van der Waals surface area (Å²) in [5.41, 5.74) is 3.47. The van der Waals surface area contributed by atoms with Gasteiger partial charge in [0, 0.05) is 6.20 Å². The number of carbonyl (C=O) groups is 1. The molecule has 0 aliphatic rings. The van der Waals surface area contributed by atoms with E-state index in [9.17, 15) is 14.7 Å². The summed E-state index contributed by atoms with van der Waals surface area (Å²) in [6, 6.07) is 17.1. The Morgan fingerprint density at radius 1 is 1.15 bits per heavy atom. The third-order valence-electron chi connectivity index (χ3n) is 3.81. The van der Waals surface area contributed by atoms with Crippen molar-refractivity contribution in [2.75, 3.05) is 0 Å². The average molecular weight is 382 g/mol. The van der Waals surface area contributed by atoms with Crippen LogP contribution in [0.2, 0.25) is 5.02 Å². The number of carbonyl (C=O) groups excluding carboxylic acids is 1. The number of pyridine rings is 1. The second-order valence-corrected chi connectivity index (χ2v) is 6.16. The Labute approximate surface area is 160 Å². The summed E-state index contributed by atoms with van der Waals surface area (Å²) in [5, 5.41) is 13.4. The number of amides is 1. The molecule has 7 heteroatoms. The van der Waals surface area contributed by atoms with Gasteiger partial charge in [-0.2, -0.15) is 5.10 Å². The Kier molecular flexibility index (Phi) is 5.68. The number of hydrazone groups is 1. The van der Waals surface area contributed by atoms with Gasteiger partial charge >= 0.3 is 0 Å². The van der Waals surface area contributed by atoms with Crippen LogP contribution in [0.1, 0.15) is 21.5 Å². The number of benzene rings is 2. The van der Waals surface area contributed by atoms with Gasteiger partial charge in [-0.05, 0) is 41.5 Å². The number of rotatable bonds is 5. The molecule has 0 radical (unpaired) electrons. The normalized spacial score (nSPS) is 10.9. The van der Waals surface area contributed by atoms with Gasteiger partial charge in [-0.15, -0.1) is 0 Å². The van der Waals surface area contributed by atoms with Gasteiger partial charge < -0.3 is 9.67 Å². The van der Waals surface area contributed by atoms with E-state index in [4.69, 9.17) is 11.6 Å². The first-order valence-electron chi connectivity index (χ1n) is 8.10. The molecule has 136 valence electrons. The van der Waals surface area contributed by atoms with Crippen molar-refractivity contribution in [3.8, 4) is 5.75 Å². The Hall–Kier alpha value is -3.38. The number of phenolic OH excluding ortho intramolecular Hbond substituents is 1. The fraction of sp³-hybridized carbons (Fsp3) is 0.0500. The van der Waals surface area contributed by atoms with E-state index in [2.05, 4.69) is 10.5 Å². The molecule has 1 heterocycles. The highest BCUT2D eigenvalue weighted by Crippen LogP contribution is 2.22. The molecule has 0 saturated carbocycles. The Balaban J connectivity index is 1.73. The van der Waals surface area contributed by atoms with E-state index in [1.165, 1.54) is 29.0 Å². The van der Waals surface area contributed by atoms with Gasteiger partial charge in [-0.1, -0.05) is 41.9 Å². The lowest BCUT2D eigenvalue weighted by atomic mass is 10.2. The van der Waals surface area contributed by atoms with Crippen molar-refractivity contribution >= 4 is 23.7 Å². The fourth-order valence-corrected chi connectivity index (χ4v) is 2.63. The second kappa shape index (κ2) is 8.33. The lowest BCUT2D eigenvalue weighted by Crippen LogP contribution is -2.30. The molecule has 2 N–H and O–H groups in total. The standard InChI is InChI=1S/C20H16ClN3O3/c21-17-11-15(8-9-18(17)25)12-22-23-19(26)16-7-4-10-24(20(16)27)13-14-5-2-1-3-6-14/h1-12,25H,13H2,(H,23,26)/b22-12-. The first-order valence-corrected chi connectivity index (χ1v) is 8.47. The fourth-order valence-electron chi connectivity index (χ4n) is 2.44. The number of aromatic nitrogens is 1. The van der Waals surface area contributed by atoms with Crippen LogP contribution < -0.4 is 11.0 Å². The summed E-state index contributed by atoms with van der Waals surface area (Å²) in [5.74, 6) is -0.648. The maximum Gasteiger partial charge on any atom is 0.276 e. The summed E-state index contributed by atoms with van der Waals surface area (Å²) in [4.78, 5) is 24.8. The van der Waals surface area contributed by atoms with E-state index in [1.54, 1.807) is 18.3 Å². The van der Waals surface area contributed by atoms with Crippen LogP contribution in [-0.4, -0.2) is 21.8 Å². The van der Waals surface area contributed by atoms with Gasteiger partial charge in [0.05, 0.1) is 17.8 Å². The van der Waals surface area contributed by atoms with Crippen molar-refractivity contribution in [1.29, 1.82) is 0 Å². The lowest BCUT2D eigenvalue weighted by molar-refractivity contribution is 0.0953. The number of halogens is 1. The molecule has 3 aromatic rings. The zero-order chi connectivity index (χ0) is 19.2. The van der Waals surface area contributed by atoms with Gasteiger partial charge in [-0.25, -0.2) is 5.43 Å². The number of nitrogens with one attached hydrogen (secondary N) is 1. The van der Waals surface area contributed by atoms with Crippen molar-refractivity contribution < 1.29 is 9.90 Å². The largest absolute Gasteiger partial charge is 0.506 e. The molecular formula is C20H16ClN3O3. The predicted octanol–water partition coefficient (Wildman–Crippen LogP) is 3.02. The topological polar surface area (TPSA) is 83.7 Å². The van der Waals surface area contributed by atoms with Crippen molar-refractivity contribution in [3.05, 3.63) is 98.9 Å². The van der Waals surface area contributed by atoms with Crippen LogP contribution in [-0.2, 0) is 6.54 Å². The third-order valence-corrected chi connectivity index (χ3v) is 4.11. The summed E-state index contributed by atoms with van der Waals surface area (Å²) in [6.45, 7) is 0.371. The van der Waals surface area contributed by atoms with Crippen molar-refractivity contribution in [2.45, 2.75) is 6.54 Å². The van der Waals surface area contributed by atoms with Crippen molar-refractivity contribution in [2.24, 2.45) is 5.10 Å². The third kappa shape index (κ3) is 4.62. The number of hydrogen-bond acceptors (Lipinski definition) is 4. The second-order valence-electron chi connectivity index (χ2n) is 5.75. The molecule has 0 aliphatic heterocycles. The number of aromatic hydroxyl groups is 1. The molecule has 0 bridgehead atoms. The van der Waals surface area contributed by atoms with Crippen LogP contribution in [0.15, 0.2) is 76.8 Å². The summed E-state index contributed by atoms with van der Waals surface area (Å²) in [6.07, 6.45) is 3.00. The zero-order valence-electron chi connectivity index (χ0n) is 14.2. The van der Waals surface area contributed by atoms with E-state index in [1.807, 2.05) is 30.3 Å². The van der Waals surface area contributed by atoms with Crippen LogP contribution in [0.3, 0.4) is 0 Å². The summed E-state index contributed by atoms with van der Waals surface area (Å²) >= 11 is 5.81. The van der Waals surface area contributed by atoms with E-state index in [0.29, 0.717) is 12.1 Å². The monoisotopic (exact) mass is 381 g/mol. The summed E-state index contributed by atoms with van der Waals surface area (Å²) in [7, 11) is 0. The molecule has 2 aromatic carbocycles. The zero-order valence-corrected chi connectivity index (χ0v) is 14.9. The SMILES string of the molecule is O=C(N/N=C\c1ccc(O)c(Cl)c1)c1cccn(Cc2ccccc2)c1=O. The maximum atomic E-state index is 12.5. The van der Waals surface area contributed by atoms with Gasteiger partial charge in [0.2, 0.25) is 0 Å². The number of hydrogen-bond donors (Lipinski definition) is 2. The van der Waals surface area contributed by atoms with E-state index in [-0.39, 0.29) is 16.3 Å². The molecule has 1 aromatic heterocycles. The van der Waals surface area contributed by atoms with Gasteiger partial charge in [0.25, 0.3) is 11.5 Å². The van der Waals surface area contributed by atoms with Crippen molar-refractivity contribution in [3.63, 3.8) is 0 Å². The Morgan fingerprint density at radius 2 is 1.93 bits per heavy atom. The molecule has 1 amide bonds. The Morgan fingerprint density at radius 3 is 2.67 bits per heavy atom.